The van der Waals surface area contributed by atoms with E-state index >= 15 is 0 Å². The maximum Gasteiger partial charge on any atom is 0.234 e. The molecule has 2 N–H and O–H groups in total. The Kier molecular flexibility index (Phi) is 7.33. The SMILES string of the molecule is COc1ccc(NC(=O)CSC(=Nc2ccccc2)N2CC[NH+](C)CC2)cc1. The van der Waals surface area contributed by atoms with Crippen LogP contribution in [0.4, 0.5) is 11.4 Å². The van der Waals surface area contributed by atoms with Crippen molar-refractivity contribution in [1.82, 2.24) is 4.90 Å². The van der Waals surface area contributed by atoms with E-state index in [1.165, 1.54) is 16.7 Å². The highest BCUT2D eigenvalue weighted by atomic mass is 32.2. The fraction of sp³-hybridized carbons (Fsp3) is 0.333. The summed E-state index contributed by atoms with van der Waals surface area (Å²) in [6.07, 6.45) is 0. The molecule has 2 aromatic carbocycles. The van der Waals surface area contributed by atoms with Gasteiger partial charge in [-0.2, -0.15) is 0 Å². The van der Waals surface area contributed by atoms with Crippen molar-refractivity contribution in [3.05, 3.63) is 54.6 Å². The Bertz CT molecular complexity index is 788. The first-order valence-corrected chi connectivity index (χ1v) is 10.4. The first-order chi connectivity index (χ1) is 13.6. The molecule has 0 bridgehead atoms. The molecule has 1 fully saturated rings. The lowest BCUT2D eigenvalue weighted by Gasteiger charge is -2.32. The summed E-state index contributed by atoms with van der Waals surface area (Å²) in [6.45, 7) is 4.05. The highest BCUT2D eigenvalue weighted by Gasteiger charge is 2.21. The van der Waals surface area contributed by atoms with Gasteiger partial charge in [0.05, 0.1) is 51.8 Å². The molecule has 0 atom stereocenters. The summed E-state index contributed by atoms with van der Waals surface area (Å²) in [5, 5.41) is 3.84. The number of rotatable bonds is 5. The molecular formula is C21H27N4O2S+. The topological polar surface area (TPSA) is 58.4 Å². The number of likely N-dealkylation sites (N-methyl/N-ethyl adjacent to an activating group) is 1. The second kappa shape index (κ2) is 10.1. The summed E-state index contributed by atoms with van der Waals surface area (Å²) in [5.41, 5.74) is 1.67. The van der Waals surface area contributed by atoms with E-state index in [2.05, 4.69) is 17.3 Å². The molecule has 0 spiro atoms. The number of piperazine rings is 1. The van der Waals surface area contributed by atoms with Gasteiger partial charge in [-0.1, -0.05) is 30.0 Å². The number of amides is 1. The van der Waals surface area contributed by atoms with Crippen molar-refractivity contribution in [1.29, 1.82) is 0 Å². The fourth-order valence-corrected chi connectivity index (χ4v) is 3.76. The summed E-state index contributed by atoms with van der Waals surface area (Å²) < 4.78 is 5.14. The van der Waals surface area contributed by atoms with Crippen molar-refractivity contribution in [2.45, 2.75) is 0 Å². The van der Waals surface area contributed by atoms with Crippen LogP contribution in [0.1, 0.15) is 0 Å². The molecule has 0 aromatic heterocycles. The van der Waals surface area contributed by atoms with Gasteiger partial charge >= 0.3 is 0 Å². The van der Waals surface area contributed by atoms with Crippen LogP contribution in [0, 0.1) is 0 Å². The predicted molar refractivity (Wildman–Crippen MR) is 116 cm³/mol. The smallest absolute Gasteiger partial charge is 0.234 e. The highest BCUT2D eigenvalue weighted by molar-refractivity contribution is 8.14. The number of ether oxygens (including phenoxy) is 1. The summed E-state index contributed by atoms with van der Waals surface area (Å²) in [7, 11) is 3.83. The Morgan fingerprint density at radius 1 is 1.14 bits per heavy atom. The molecular weight excluding hydrogens is 372 g/mol. The highest BCUT2D eigenvalue weighted by Crippen LogP contribution is 2.19. The van der Waals surface area contributed by atoms with E-state index in [9.17, 15) is 4.79 Å². The van der Waals surface area contributed by atoms with E-state index < -0.39 is 0 Å². The van der Waals surface area contributed by atoms with Crippen molar-refractivity contribution < 1.29 is 14.4 Å². The zero-order valence-electron chi connectivity index (χ0n) is 16.4. The van der Waals surface area contributed by atoms with Gasteiger partial charge in [0, 0.05) is 5.69 Å². The van der Waals surface area contributed by atoms with E-state index in [0.717, 1.165) is 48.5 Å². The summed E-state index contributed by atoms with van der Waals surface area (Å²) in [6, 6.07) is 17.2. The molecule has 0 unspecified atom stereocenters. The average Bonchev–Trinajstić information content (AvgIpc) is 2.73. The number of nitrogens with one attached hydrogen (secondary N) is 2. The van der Waals surface area contributed by atoms with E-state index in [1.807, 2.05) is 54.6 Å². The van der Waals surface area contributed by atoms with Crippen LogP contribution < -0.4 is 15.0 Å². The molecule has 2 aromatic rings. The third-order valence-corrected chi connectivity index (χ3v) is 5.59. The predicted octanol–water partition coefficient (Wildman–Crippen LogP) is 1.88. The number of aliphatic imine (C=N–C) groups is 1. The summed E-state index contributed by atoms with van der Waals surface area (Å²) in [4.78, 5) is 21.0. The molecule has 6 nitrogen and oxygen atoms in total. The molecule has 0 aliphatic carbocycles. The second-order valence-corrected chi connectivity index (χ2v) is 7.68. The molecule has 1 heterocycles. The number of hydrogen-bond donors (Lipinski definition) is 2. The van der Waals surface area contributed by atoms with Crippen LogP contribution in [0.15, 0.2) is 59.6 Å². The van der Waals surface area contributed by atoms with E-state index in [4.69, 9.17) is 9.73 Å². The third kappa shape index (κ3) is 6.00. The maximum absolute atomic E-state index is 12.4. The molecule has 1 saturated heterocycles. The Hall–Kier alpha value is -2.51. The number of anilines is 1. The molecule has 148 valence electrons. The lowest BCUT2D eigenvalue weighted by atomic mass is 10.3. The number of hydrogen-bond acceptors (Lipinski definition) is 4. The largest absolute Gasteiger partial charge is 0.497 e. The van der Waals surface area contributed by atoms with Gasteiger partial charge in [0.25, 0.3) is 0 Å². The minimum Gasteiger partial charge on any atom is -0.497 e. The van der Waals surface area contributed by atoms with E-state index in [0.29, 0.717) is 5.75 Å². The molecule has 0 saturated carbocycles. The van der Waals surface area contributed by atoms with E-state index in [-0.39, 0.29) is 5.91 Å². The summed E-state index contributed by atoms with van der Waals surface area (Å²) >= 11 is 1.49. The molecule has 1 amide bonds. The van der Waals surface area contributed by atoms with Crippen molar-refractivity contribution in [2.24, 2.45) is 4.99 Å². The van der Waals surface area contributed by atoms with Gasteiger partial charge in [-0.05, 0) is 36.4 Å². The lowest BCUT2D eigenvalue weighted by Crippen LogP contribution is -3.12. The van der Waals surface area contributed by atoms with Crippen molar-refractivity contribution in [3.63, 3.8) is 0 Å². The van der Waals surface area contributed by atoms with Crippen LogP contribution in [0.25, 0.3) is 0 Å². The molecule has 1 aliphatic rings. The van der Waals surface area contributed by atoms with Crippen LogP contribution in [-0.4, -0.2) is 62.1 Å². The summed E-state index contributed by atoms with van der Waals surface area (Å²) in [5.74, 6) is 1.04. The Morgan fingerprint density at radius 2 is 1.82 bits per heavy atom. The Morgan fingerprint density at radius 3 is 2.46 bits per heavy atom. The standard InChI is InChI=1S/C21H26N4O2S/c1-24-12-14-25(15-13-24)21(23-17-6-4-3-5-7-17)28-16-20(26)22-18-8-10-19(27-2)11-9-18/h3-11H,12-16H2,1-2H3,(H,22,26)/p+1. The third-order valence-electron chi connectivity index (χ3n) is 4.57. The number of nitrogens with zero attached hydrogens (tertiary/aromatic N) is 2. The van der Waals surface area contributed by atoms with Gasteiger partial charge in [0.15, 0.2) is 5.17 Å². The number of methoxy groups -OCH3 is 1. The first kappa shape index (κ1) is 20.2. The van der Waals surface area contributed by atoms with Crippen molar-refractivity contribution >= 4 is 34.2 Å². The number of para-hydroxylation sites is 1. The number of carbonyl (C=O) groups excluding carboxylic acids is 1. The van der Waals surface area contributed by atoms with E-state index in [1.54, 1.807) is 7.11 Å². The number of thioether (sulfide) groups is 1. The number of amidine groups is 1. The molecule has 3 rings (SSSR count). The molecule has 1 aliphatic heterocycles. The minimum atomic E-state index is -0.0457. The van der Waals surface area contributed by atoms with Crippen LogP contribution in [0.5, 0.6) is 5.75 Å². The Balaban J connectivity index is 1.63. The quantitative estimate of drug-likeness (QED) is 0.596. The number of quaternary nitrogens is 1. The molecule has 28 heavy (non-hydrogen) atoms. The molecule has 7 heteroatoms. The monoisotopic (exact) mass is 399 g/mol. The van der Waals surface area contributed by atoms with Gasteiger partial charge in [0.1, 0.15) is 5.75 Å². The normalized spacial score (nSPS) is 15.4. The van der Waals surface area contributed by atoms with Crippen molar-refractivity contribution in [3.8, 4) is 5.75 Å². The first-order valence-electron chi connectivity index (χ1n) is 9.41. The number of carbonyl (C=O) groups is 1. The Labute approximate surface area is 170 Å². The van der Waals surface area contributed by atoms with Crippen molar-refractivity contribution in [2.75, 3.05) is 51.4 Å². The van der Waals surface area contributed by atoms with Crippen LogP contribution in [-0.2, 0) is 4.79 Å². The zero-order chi connectivity index (χ0) is 19.8. The van der Waals surface area contributed by atoms with Gasteiger partial charge in [-0.3, -0.25) is 4.79 Å². The second-order valence-electron chi connectivity index (χ2n) is 6.74. The van der Waals surface area contributed by atoms with Crippen LogP contribution >= 0.6 is 11.8 Å². The number of benzene rings is 2. The molecule has 0 radical (unpaired) electrons. The lowest BCUT2D eigenvalue weighted by molar-refractivity contribution is -0.883. The van der Waals surface area contributed by atoms with Gasteiger partial charge in [0.2, 0.25) is 5.91 Å². The minimum absolute atomic E-state index is 0.0457. The van der Waals surface area contributed by atoms with Crippen LogP contribution in [0.2, 0.25) is 0 Å². The van der Waals surface area contributed by atoms with Gasteiger partial charge < -0.3 is 19.9 Å². The fourth-order valence-electron chi connectivity index (χ4n) is 2.89. The van der Waals surface area contributed by atoms with Gasteiger partial charge in [-0.15, -0.1) is 0 Å². The van der Waals surface area contributed by atoms with Gasteiger partial charge in [-0.25, -0.2) is 4.99 Å². The maximum atomic E-state index is 12.4. The van der Waals surface area contributed by atoms with Crippen LogP contribution in [0.3, 0.4) is 0 Å². The average molecular weight is 400 g/mol. The zero-order valence-corrected chi connectivity index (χ0v) is 17.2.